The lowest BCUT2D eigenvalue weighted by atomic mass is 10.1. The molecule has 4 heteroatoms. The SMILES string of the molecule is CC(C)[C@@H](N)c1nncn1C. The van der Waals surface area contributed by atoms with Gasteiger partial charge in [0.05, 0.1) is 6.04 Å². The zero-order valence-electron chi connectivity index (χ0n) is 7.15. The van der Waals surface area contributed by atoms with Gasteiger partial charge >= 0.3 is 0 Å². The van der Waals surface area contributed by atoms with Crippen molar-refractivity contribution in [1.29, 1.82) is 0 Å². The summed E-state index contributed by atoms with van der Waals surface area (Å²) in [4.78, 5) is 0. The van der Waals surface area contributed by atoms with E-state index in [0.29, 0.717) is 5.92 Å². The normalized spacial score (nSPS) is 13.9. The van der Waals surface area contributed by atoms with Gasteiger partial charge in [-0.1, -0.05) is 13.8 Å². The van der Waals surface area contributed by atoms with Gasteiger partial charge in [-0.25, -0.2) is 0 Å². The van der Waals surface area contributed by atoms with E-state index in [2.05, 4.69) is 24.0 Å². The van der Waals surface area contributed by atoms with E-state index in [1.54, 1.807) is 6.33 Å². The summed E-state index contributed by atoms with van der Waals surface area (Å²) in [6.45, 7) is 4.14. The van der Waals surface area contributed by atoms with Crippen LogP contribution in [0.15, 0.2) is 6.33 Å². The van der Waals surface area contributed by atoms with E-state index >= 15 is 0 Å². The maximum atomic E-state index is 5.86. The molecule has 11 heavy (non-hydrogen) atoms. The number of hydrogen-bond donors (Lipinski definition) is 1. The highest BCUT2D eigenvalue weighted by Gasteiger charge is 2.14. The number of hydrogen-bond acceptors (Lipinski definition) is 3. The van der Waals surface area contributed by atoms with Gasteiger partial charge in [-0.15, -0.1) is 10.2 Å². The molecule has 2 N–H and O–H groups in total. The van der Waals surface area contributed by atoms with E-state index in [9.17, 15) is 0 Å². The maximum Gasteiger partial charge on any atom is 0.149 e. The highest BCUT2D eigenvalue weighted by atomic mass is 15.3. The zero-order chi connectivity index (χ0) is 8.43. The molecule has 0 saturated carbocycles. The Balaban J connectivity index is 2.84. The van der Waals surface area contributed by atoms with Gasteiger partial charge in [-0.2, -0.15) is 0 Å². The summed E-state index contributed by atoms with van der Waals surface area (Å²) in [6.07, 6.45) is 1.66. The third-order valence-corrected chi connectivity index (χ3v) is 1.76. The Kier molecular flexibility index (Phi) is 2.24. The van der Waals surface area contributed by atoms with Crippen molar-refractivity contribution < 1.29 is 0 Å². The van der Waals surface area contributed by atoms with Crippen LogP contribution in [-0.2, 0) is 7.05 Å². The molecular weight excluding hydrogens is 140 g/mol. The molecule has 0 fully saturated rings. The molecule has 1 heterocycles. The van der Waals surface area contributed by atoms with Crippen LogP contribution in [0.4, 0.5) is 0 Å². The minimum atomic E-state index is -0.0116. The highest BCUT2D eigenvalue weighted by Crippen LogP contribution is 2.14. The van der Waals surface area contributed by atoms with E-state index < -0.39 is 0 Å². The number of rotatable bonds is 2. The molecule has 0 aliphatic heterocycles. The average molecular weight is 154 g/mol. The summed E-state index contributed by atoms with van der Waals surface area (Å²) in [5.41, 5.74) is 5.86. The van der Waals surface area contributed by atoms with Crippen LogP contribution in [-0.4, -0.2) is 14.8 Å². The Morgan fingerprint density at radius 2 is 2.18 bits per heavy atom. The summed E-state index contributed by atoms with van der Waals surface area (Å²) < 4.78 is 1.85. The van der Waals surface area contributed by atoms with Gasteiger partial charge in [-0.05, 0) is 5.92 Å². The van der Waals surface area contributed by atoms with Crippen molar-refractivity contribution in [3.63, 3.8) is 0 Å². The smallest absolute Gasteiger partial charge is 0.149 e. The van der Waals surface area contributed by atoms with Crippen LogP contribution in [0.2, 0.25) is 0 Å². The fourth-order valence-electron chi connectivity index (χ4n) is 0.892. The van der Waals surface area contributed by atoms with Gasteiger partial charge in [-0.3, -0.25) is 0 Å². The lowest BCUT2D eigenvalue weighted by molar-refractivity contribution is 0.476. The molecule has 0 saturated heterocycles. The molecule has 1 aromatic heterocycles. The predicted molar refractivity (Wildman–Crippen MR) is 42.8 cm³/mol. The first-order valence-electron chi connectivity index (χ1n) is 3.72. The molecule has 0 radical (unpaired) electrons. The van der Waals surface area contributed by atoms with Crippen LogP contribution in [0.3, 0.4) is 0 Å². The van der Waals surface area contributed by atoms with E-state index in [-0.39, 0.29) is 6.04 Å². The highest BCUT2D eigenvalue weighted by molar-refractivity contribution is 4.93. The second kappa shape index (κ2) is 3.00. The minimum Gasteiger partial charge on any atom is -0.321 e. The van der Waals surface area contributed by atoms with Gasteiger partial charge in [0, 0.05) is 7.05 Å². The quantitative estimate of drug-likeness (QED) is 0.673. The van der Waals surface area contributed by atoms with Crippen molar-refractivity contribution in [2.24, 2.45) is 18.7 Å². The Labute approximate surface area is 66.4 Å². The second-order valence-corrected chi connectivity index (χ2v) is 3.07. The summed E-state index contributed by atoms with van der Waals surface area (Å²) in [5, 5.41) is 7.68. The number of nitrogens with zero attached hydrogens (tertiary/aromatic N) is 3. The molecule has 0 bridgehead atoms. The maximum absolute atomic E-state index is 5.86. The first-order valence-corrected chi connectivity index (χ1v) is 3.72. The average Bonchev–Trinajstić information content (AvgIpc) is 2.33. The molecule has 62 valence electrons. The molecule has 0 amide bonds. The van der Waals surface area contributed by atoms with Crippen LogP contribution < -0.4 is 5.73 Å². The van der Waals surface area contributed by atoms with Crippen LogP contribution >= 0.6 is 0 Å². The molecule has 0 unspecified atom stereocenters. The van der Waals surface area contributed by atoms with Gasteiger partial charge in [0.1, 0.15) is 12.2 Å². The molecule has 1 rings (SSSR count). The third kappa shape index (κ3) is 1.57. The number of aromatic nitrogens is 3. The largest absolute Gasteiger partial charge is 0.321 e. The molecule has 1 atom stereocenters. The first-order chi connectivity index (χ1) is 5.13. The molecule has 0 spiro atoms. The first kappa shape index (κ1) is 8.20. The topological polar surface area (TPSA) is 56.7 Å². The predicted octanol–water partition coefficient (Wildman–Crippen LogP) is 0.471. The van der Waals surface area contributed by atoms with Gasteiger partial charge < -0.3 is 10.3 Å². The van der Waals surface area contributed by atoms with Crippen molar-refractivity contribution in [3.8, 4) is 0 Å². The van der Waals surface area contributed by atoms with Crippen LogP contribution in [0.25, 0.3) is 0 Å². The standard InChI is InChI=1S/C7H14N4/c1-5(2)6(8)7-10-9-4-11(7)3/h4-6H,8H2,1-3H3/t6-/m1/s1. The van der Waals surface area contributed by atoms with E-state index in [0.717, 1.165) is 5.82 Å². The van der Waals surface area contributed by atoms with Crippen LogP contribution in [0.5, 0.6) is 0 Å². The Hall–Kier alpha value is -0.900. The van der Waals surface area contributed by atoms with Crippen molar-refractivity contribution in [1.82, 2.24) is 14.8 Å². The molecule has 1 aromatic rings. The summed E-state index contributed by atoms with van der Waals surface area (Å²) in [7, 11) is 1.90. The molecule has 4 nitrogen and oxygen atoms in total. The molecule has 0 aromatic carbocycles. The van der Waals surface area contributed by atoms with E-state index in [4.69, 9.17) is 5.73 Å². The molecular formula is C7H14N4. The van der Waals surface area contributed by atoms with Crippen molar-refractivity contribution >= 4 is 0 Å². The van der Waals surface area contributed by atoms with Crippen LogP contribution in [0, 0.1) is 5.92 Å². The van der Waals surface area contributed by atoms with Crippen LogP contribution in [0.1, 0.15) is 25.7 Å². The Bertz CT molecular complexity index is 228. The third-order valence-electron chi connectivity index (χ3n) is 1.76. The van der Waals surface area contributed by atoms with Gasteiger partial charge in [0.2, 0.25) is 0 Å². The fraction of sp³-hybridized carbons (Fsp3) is 0.714. The van der Waals surface area contributed by atoms with E-state index in [1.807, 2.05) is 11.6 Å². The van der Waals surface area contributed by atoms with Crippen molar-refractivity contribution in [2.75, 3.05) is 0 Å². The Morgan fingerprint density at radius 3 is 2.55 bits per heavy atom. The minimum absolute atomic E-state index is 0.0116. The monoisotopic (exact) mass is 154 g/mol. The fourth-order valence-corrected chi connectivity index (χ4v) is 0.892. The zero-order valence-corrected chi connectivity index (χ0v) is 7.15. The number of aryl methyl sites for hydroxylation is 1. The summed E-state index contributed by atoms with van der Waals surface area (Å²) in [5.74, 6) is 1.25. The Morgan fingerprint density at radius 1 is 1.55 bits per heavy atom. The van der Waals surface area contributed by atoms with E-state index in [1.165, 1.54) is 0 Å². The van der Waals surface area contributed by atoms with Gasteiger partial charge in [0.25, 0.3) is 0 Å². The lowest BCUT2D eigenvalue weighted by Crippen LogP contribution is -2.20. The van der Waals surface area contributed by atoms with Crippen molar-refractivity contribution in [2.45, 2.75) is 19.9 Å². The summed E-state index contributed by atoms with van der Waals surface area (Å²) in [6, 6.07) is -0.0116. The second-order valence-electron chi connectivity index (χ2n) is 3.07. The van der Waals surface area contributed by atoms with Gasteiger partial charge in [0.15, 0.2) is 0 Å². The lowest BCUT2D eigenvalue weighted by Gasteiger charge is -2.13. The summed E-state index contributed by atoms with van der Waals surface area (Å²) >= 11 is 0. The molecule has 0 aliphatic rings. The van der Waals surface area contributed by atoms with Crippen molar-refractivity contribution in [3.05, 3.63) is 12.2 Å². The molecule has 0 aliphatic carbocycles. The number of nitrogens with two attached hydrogens (primary N) is 1.